The van der Waals surface area contributed by atoms with Gasteiger partial charge in [-0.15, -0.1) is 0 Å². The molecule has 3 heteroatoms. The van der Waals surface area contributed by atoms with Crippen LogP contribution in [0.1, 0.15) is 59.8 Å². The Kier molecular flexibility index (Phi) is 6.82. The van der Waals surface area contributed by atoms with Crippen LogP contribution in [0.3, 0.4) is 0 Å². The lowest BCUT2D eigenvalue weighted by molar-refractivity contribution is 0.0397. The SMILES string of the molecule is CCNC1(C#N)CCCC1CCOC(C)CC(C)C. The van der Waals surface area contributed by atoms with E-state index < -0.39 is 0 Å². The minimum atomic E-state index is -0.292. The normalized spacial score (nSPS) is 28.5. The van der Waals surface area contributed by atoms with Gasteiger partial charge in [0, 0.05) is 6.61 Å². The van der Waals surface area contributed by atoms with Crippen LogP contribution in [0, 0.1) is 23.2 Å². The van der Waals surface area contributed by atoms with E-state index in [0.717, 1.165) is 45.3 Å². The van der Waals surface area contributed by atoms with Crippen molar-refractivity contribution in [3.05, 3.63) is 0 Å². The molecule has 0 aliphatic heterocycles. The van der Waals surface area contributed by atoms with Gasteiger partial charge in [-0.05, 0) is 51.0 Å². The van der Waals surface area contributed by atoms with Gasteiger partial charge in [0.05, 0.1) is 12.2 Å². The predicted octanol–water partition coefficient (Wildman–Crippen LogP) is 3.50. The highest BCUT2D eigenvalue weighted by Crippen LogP contribution is 2.37. The third kappa shape index (κ3) is 4.78. The van der Waals surface area contributed by atoms with E-state index in [9.17, 15) is 5.26 Å². The number of nitriles is 1. The Labute approximate surface area is 118 Å². The van der Waals surface area contributed by atoms with Crippen LogP contribution in [-0.2, 0) is 4.74 Å². The van der Waals surface area contributed by atoms with Crippen molar-refractivity contribution >= 4 is 0 Å². The first-order valence-corrected chi connectivity index (χ1v) is 7.82. The highest BCUT2D eigenvalue weighted by Gasteiger charge is 2.42. The van der Waals surface area contributed by atoms with Crippen molar-refractivity contribution in [3.8, 4) is 6.07 Å². The van der Waals surface area contributed by atoms with Crippen molar-refractivity contribution in [2.75, 3.05) is 13.2 Å². The van der Waals surface area contributed by atoms with Crippen LogP contribution >= 0.6 is 0 Å². The highest BCUT2D eigenvalue weighted by atomic mass is 16.5. The predicted molar refractivity (Wildman–Crippen MR) is 78.8 cm³/mol. The summed E-state index contributed by atoms with van der Waals surface area (Å²) in [5.41, 5.74) is -0.292. The average molecular weight is 266 g/mol. The molecule has 1 aliphatic rings. The molecule has 1 aliphatic carbocycles. The summed E-state index contributed by atoms with van der Waals surface area (Å²) in [7, 11) is 0. The lowest BCUT2D eigenvalue weighted by Crippen LogP contribution is -2.47. The van der Waals surface area contributed by atoms with Crippen LogP contribution in [0.15, 0.2) is 0 Å². The summed E-state index contributed by atoms with van der Waals surface area (Å²) in [6.07, 6.45) is 5.75. The Morgan fingerprint density at radius 2 is 2.16 bits per heavy atom. The fourth-order valence-corrected chi connectivity index (χ4v) is 3.35. The minimum Gasteiger partial charge on any atom is -0.378 e. The summed E-state index contributed by atoms with van der Waals surface area (Å²) in [6, 6.07) is 2.53. The fraction of sp³-hybridized carbons (Fsp3) is 0.938. The quantitative estimate of drug-likeness (QED) is 0.731. The van der Waals surface area contributed by atoms with E-state index in [1.807, 2.05) is 0 Å². The van der Waals surface area contributed by atoms with Gasteiger partial charge in [-0.3, -0.25) is 5.32 Å². The van der Waals surface area contributed by atoms with Gasteiger partial charge in [0.2, 0.25) is 0 Å². The summed E-state index contributed by atoms with van der Waals surface area (Å²) in [4.78, 5) is 0. The number of hydrogen-bond acceptors (Lipinski definition) is 3. The molecule has 1 saturated carbocycles. The van der Waals surface area contributed by atoms with Crippen LogP contribution in [0.4, 0.5) is 0 Å². The van der Waals surface area contributed by atoms with Crippen molar-refractivity contribution in [2.45, 2.75) is 71.4 Å². The Bertz CT molecular complexity index is 298. The summed E-state index contributed by atoms with van der Waals surface area (Å²) in [6.45, 7) is 10.3. The molecule has 0 heterocycles. The third-order valence-corrected chi connectivity index (χ3v) is 4.18. The lowest BCUT2D eigenvalue weighted by Gasteiger charge is -2.30. The molecule has 1 rings (SSSR count). The van der Waals surface area contributed by atoms with Crippen molar-refractivity contribution in [2.24, 2.45) is 11.8 Å². The first-order valence-electron chi connectivity index (χ1n) is 7.82. The van der Waals surface area contributed by atoms with Gasteiger partial charge in [0.15, 0.2) is 0 Å². The zero-order valence-electron chi connectivity index (χ0n) is 13.0. The third-order valence-electron chi connectivity index (χ3n) is 4.18. The van der Waals surface area contributed by atoms with E-state index in [0.29, 0.717) is 17.9 Å². The molecule has 0 aromatic rings. The number of ether oxygens (including phenoxy) is 1. The Balaban J connectivity index is 2.37. The summed E-state index contributed by atoms with van der Waals surface area (Å²) in [5, 5.41) is 12.9. The van der Waals surface area contributed by atoms with Crippen molar-refractivity contribution in [3.63, 3.8) is 0 Å². The summed E-state index contributed by atoms with van der Waals surface area (Å²) >= 11 is 0. The zero-order valence-corrected chi connectivity index (χ0v) is 13.0. The van der Waals surface area contributed by atoms with E-state index in [-0.39, 0.29) is 5.54 Å². The zero-order chi connectivity index (χ0) is 14.3. The number of nitrogens with zero attached hydrogens (tertiary/aromatic N) is 1. The van der Waals surface area contributed by atoms with Crippen molar-refractivity contribution < 1.29 is 4.74 Å². The first-order chi connectivity index (χ1) is 9.04. The second-order valence-corrected chi connectivity index (χ2v) is 6.30. The smallest absolute Gasteiger partial charge is 0.109 e. The molecular weight excluding hydrogens is 236 g/mol. The Morgan fingerprint density at radius 1 is 1.42 bits per heavy atom. The van der Waals surface area contributed by atoms with E-state index in [1.54, 1.807) is 0 Å². The molecule has 3 atom stereocenters. The Morgan fingerprint density at radius 3 is 2.74 bits per heavy atom. The standard InChI is InChI=1S/C16H30N2O/c1-5-18-16(12-17)9-6-7-15(16)8-10-19-14(4)11-13(2)3/h13-15,18H,5-11H2,1-4H3. The monoisotopic (exact) mass is 266 g/mol. The van der Waals surface area contributed by atoms with Crippen LogP contribution in [-0.4, -0.2) is 24.8 Å². The van der Waals surface area contributed by atoms with Gasteiger partial charge in [-0.2, -0.15) is 5.26 Å². The molecule has 3 unspecified atom stereocenters. The maximum absolute atomic E-state index is 9.49. The number of rotatable bonds is 8. The molecule has 0 aromatic heterocycles. The molecule has 19 heavy (non-hydrogen) atoms. The molecule has 0 radical (unpaired) electrons. The molecule has 3 nitrogen and oxygen atoms in total. The van der Waals surface area contributed by atoms with E-state index in [1.165, 1.54) is 0 Å². The second kappa shape index (κ2) is 7.87. The van der Waals surface area contributed by atoms with Gasteiger partial charge in [0.25, 0.3) is 0 Å². The van der Waals surface area contributed by atoms with Crippen molar-refractivity contribution in [1.82, 2.24) is 5.32 Å². The molecule has 0 spiro atoms. The van der Waals surface area contributed by atoms with Gasteiger partial charge >= 0.3 is 0 Å². The first kappa shape index (κ1) is 16.5. The topological polar surface area (TPSA) is 45.0 Å². The summed E-state index contributed by atoms with van der Waals surface area (Å²) in [5.74, 6) is 1.13. The molecule has 0 saturated heterocycles. The lowest BCUT2D eigenvalue weighted by atomic mass is 9.86. The van der Waals surface area contributed by atoms with Gasteiger partial charge in [0.1, 0.15) is 5.54 Å². The van der Waals surface area contributed by atoms with Crippen LogP contribution in [0.5, 0.6) is 0 Å². The average Bonchev–Trinajstić information content (AvgIpc) is 2.72. The molecule has 110 valence electrons. The van der Waals surface area contributed by atoms with Crippen LogP contribution in [0.25, 0.3) is 0 Å². The Hall–Kier alpha value is -0.590. The van der Waals surface area contributed by atoms with Gasteiger partial charge in [-0.25, -0.2) is 0 Å². The number of nitrogens with one attached hydrogen (secondary N) is 1. The van der Waals surface area contributed by atoms with E-state index >= 15 is 0 Å². The maximum Gasteiger partial charge on any atom is 0.109 e. The molecule has 1 N–H and O–H groups in total. The van der Waals surface area contributed by atoms with E-state index in [2.05, 4.69) is 39.1 Å². The van der Waals surface area contributed by atoms with E-state index in [4.69, 9.17) is 4.74 Å². The highest BCUT2D eigenvalue weighted by molar-refractivity contribution is 5.13. The second-order valence-electron chi connectivity index (χ2n) is 6.30. The molecule has 0 aromatic carbocycles. The molecular formula is C16H30N2O. The van der Waals surface area contributed by atoms with Crippen molar-refractivity contribution in [1.29, 1.82) is 5.26 Å². The largest absolute Gasteiger partial charge is 0.378 e. The molecule has 0 amide bonds. The summed E-state index contributed by atoms with van der Waals surface area (Å²) < 4.78 is 5.89. The number of hydrogen-bond donors (Lipinski definition) is 1. The van der Waals surface area contributed by atoms with Crippen LogP contribution in [0.2, 0.25) is 0 Å². The molecule has 1 fully saturated rings. The van der Waals surface area contributed by atoms with Crippen LogP contribution < -0.4 is 5.32 Å². The van der Waals surface area contributed by atoms with Gasteiger partial charge in [-0.1, -0.05) is 27.2 Å². The fourth-order valence-electron chi connectivity index (χ4n) is 3.35. The minimum absolute atomic E-state index is 0.292. The van der Waals surface area contributed by atoms with Gasteiger partial charge < -0.3 is 4.74 Å². The molecule has 0 bridgehead atoms. The maximum atomic E-state index is 9.49.